The summed E-state index contributed by atoms with van der Waals surface area (Å²) in [5.74, 6) is -0.379. The number of carbonyl (C=O) groups is 1. The van der Waals surface area contributed by atoms with Crippen LogP contribution in [0.15, 0.2) is 30.3 Å². The standard InChI is InChI=1S/C7H7NO.Li/c8-7(9)6-4-2-1-3-5-6;/h1-5H,(H2,8,9);. The summed E-state index contributed by atoms with van der Waals surface area (Å²) in [4.78, 5) is 10.4. The first-order valence-electron chi connectivity index (χ1n) is 2.65. The summed E-state index contributed by atoms with van der Waals surface area (Å²) in [6.07, 6.45) is 0. The van der Waals surface area contributed by atoms with Gasteiger partial charge in [-0.15, -0.1) is 0 Å². The second-order valence-corrected chi connectivity index (χ2v) is 1.73. The molecule has 0 bridgehead atoms. The molecule has 3 heteroatoms. The topological polar surface area (TPSA) is 43.1 Å². The van der Waals surface area contributed by atoms with E-state index in [9.17, 15) is 4.79 Å². The van der Waals surface area contributed by atoms with E-state index in [-0.39, 0.29) is 24.8 Å². The van der Waals surface area contributed by atoms with Crippen LogP contribution in [-0.2, 0) is 0 Å². The summed E-state index contributed by atoms with van der Waals surface area (Å²) in [6.45, 7) is 0. The van der Waals surface area contributed by atoms with E-state index in [4.69, 9.17) is 5.73 Å². The minimum Gasteiger partial charge on any atom is -0.366 e. The van der Waals surface area contributed by atoms with Gasteiger partial charge in [0.05, 0.1) is 0 Å². The Morgan fingerprint density at radius 3 is 2.00 bits per heavy atom. The predicted molar refractivity (Wildman–Crippen MR) is 40.7 cm³/mol. The van der Waals surface area contributed by atoms with E-state index < -0.39 is 0 Å². The number of benzene rings is 1. The van der Waals surface area contributed by atoms with Crippen molar-refractivity contribution in [1.82, 2.24) is 0 Å². The molecule has 0 unspecified atom stereocenters. The van der Waals surface area contributed by atoms with Gasteiger partial charge in [-0.3, -0.25) is 4.79 Å². The molecule has 1 aromatic carbocycles. The van der Waals surface area contributed by atoms with E-state index in [1.807, 2.05) is 6.07 Å². The van der Waals surface area contributed by atoms with Crippen LogP contribution in [0, 0.1) is 0 Å². The van der Waals surface area contributed by atoms with Crippen LogP contribution in [0.25, 0.3) is 0 Å². The van der Waals surface area contributed by atoms with Crippen LogP contribution in [0.1, 0.15) is 10.4 Å². The van der Waals surface area contributed by atoms with Crippen LogP contribution in [0.5, 0.6) is 0 Å². The molecule has 0 saturated heterocycles. The Morgan fingerprint density at radius 2 is 1.70 bits per heavy atom. The summed E-state index contributed by atoms with van der Waals surface area (Å²) >= 11 is 0. The number of amides is 1. The molecule has 0 aliphatic carbocycles. The molecule has 0 aromatic heterocycles. The Morgan fingerprint density at radius 1 is 1.20 bits per heavy atom. The van der Waals surface area contributed by atoms with Gasteiger partial charge in [0.15, 0.2) is 0 Å². The molecule has 0 saturated carbocycles. The van der Waals surface area contributed by atoms with Crippen LogP contribution in [-0.4, -0.2) is 24.8 Å². The van der Waals surface area contributed by atoms with Crippen molar-refractivity contribution >= 4 is 24.8 Å². The van der Waals surface area contributed by atoms with E-state index in [0.29, 0.717) is 5.56 Å². The van der Waals surface area contributed by atoms with E-state index in [1.165, 1.54) is 0 Å². The quantitative estimate of drug-likeness (QED) is 0.546. The molecule has 47 valence electrons. The number of primary amides is 1. The van der Waals surface area contributed by atoms with Crippen LogP contribution < -0.4 is 5.73 Å². The SMILES string of the molecule is NC(=O)c1ccccc1.[Li]. The first-order chi connectivity index (χ1) is 4.30. The molecule has 10 heavy (non-hydrogen) atoms. The van der Waals surface area contributed by atoms with Gasteiger partial charge in [0, 0.05) is 24.4 Å². The molecule has 2 N–H and O–H groups in total. The zero-order chi connectivity index (χ0) is 6.69. The molecule has 0 aliphatic heterocycles. The first kappa shape index (κ1) is 9.29. The van der Waals surface area contributed by atoms with E-state index in [2.05, 4.69) is 0 Å². The van der Waals surface area contributed by atoms with Crippen molar-refractivity contribution in [3.63, 3.8) is 0 Å². The van der Waals surface area contributed by atoms with Gasteiger partial charge in [0.2, 0.25) is 5.91 Å². The Kier molecular flexibility index (Phi) is 3.86. The summed E-state index contributed by atoms with van der Waals surface area (Å²) in [5.41, 5.74) is 5.53. The van der Waals surface area contributed by atoms with Gasteiger partial charge in [-0.25, -0.2) is 0 Å². The van der Waals surface area contributed by atoms with Crippen molar-refractivity contribution < 1.29 is 4.79 Å². The maximum absolute atomic E-state index is 10.4. The average molecular weight is 128 g/mol. The smallest absolute Gasteiger partial charge is 0.248 e. The third-order valence-corrected chi connectivity index (χ3v) is 1.06. The molecule has 1 amide bonds. The monoisotopic (exact) mass is 128 g/mol. The number of carbonyl (C=O) groups excluding carboxylic acids is 1. The number of rotatable bonds is 1. The number of hydrogen-bond donors (Lipinski definition) is 1. The molecule has 0 fully saturated rings. The second kappa shape index (κ2) is 4.16. The molecular weight excluding hydrogens is 121 g/mol. The molecule has 1 aromatic rings. The van der Waals surface area contributed by atoms with Gasteiger partial charge >= 0.3 is 0 Å². The van der Waals surface area contributed by atoms with Crippen LogP contribution in [0.4, 0.5) is 0 Å². The minimum absolute atomic E-state index is 0. The zero-order valence-corrected chi connectivity index (χ0v) is 5.87. The normalized spacial score (nSPS) is 8.00. The third kappa shape index (κ3) is 2.26. The number of nitrogens with two attached hydrogens (primary N) is 1. The van der Waals surface area contributed by atoms with Gasteiger partial charge in [0.25, 0.3) is 0 Å². The van der Waals surface area contributed by atoms with Crippen molar-refractivity contribution in [3.8, 4) is 0 Å². The molecule has 0 heterocycles. The maximum Gasteiger partial charge on any atom is 0.248 e. The molecule has 0 spiro atoms. The Labute approximate surface area is 71.6 Å². The summed E-state index contributed by atoms with van der Waals surface area (Å²) in [7, 11) is 0. The molecule has 1 radical (unpaired) electrons. The largest absolute Gasteiger partial charge is 0.366 e. The fourth-order valence-electron chi connectivity index (χ4n) is 0.602. The molecule has 2 nitrogen and oxygen atoms in total. The van der Waals surface area contributed by atoms with Gasteiger partial charge in [-0.1, -0.05) is 18.2 Å². The summed E-state index contributed by atoms with van der Waals surface area (Å²) in [5, 5.41) is 0. The van der Waals surface area contributed by atoms with Gasteiger partial charge in [0.1, 0.15) is 0 Å². The summed E-state index contributed by atoms with van der Waals surface area (Å²) in [6, 6.07) is 8.76. The van der Waals surface area contributed by atoms with E-state index >= 15 is 0 Å². The number of hydrogen-bond acceptors (Lipinski definition) is 1. The fourth-order valence-corrected chi connectivity index (χ4v) is 0.602. The Hall–Kier alpha value is -0.713. The van der Waals surface area contributed by atoms with Crippen molar-refractivity contribution in [1.29, 1.82) is 0 Å². The van der Waals surface area contributed by atoms with Crippen molar-refractivity contribution in [2.24, 2.45) is 5.73 Å². The van der Waals surface area contributed by atoms with Crippen LogP contribution in [0.2, 0.25) is 0 Å². The van der Waals surface area contributed by atoms with Gasteiger partial charge in [-0.05, 0) is 12.1 Å². The minimum atomic E-state index is -0.379. The molecule has 1 rings (SSSR count). The van der Waals surface area contributed by atoms with E-state index in [1.54, 1.807) is 24.3 Å². The Bertz CT molecular complexity index is 210. The molecule has 0 aliphatic rings. The van der Waals surface area contributed by atoms with Crippen molar-refractivity contribution in [2.45, 2.75) is 0 Å². The first-order valence-corrected chi connectivity index (χ1v) is 2.65. The van der Waals surface area contributed by atoms with Crippen LogP contribution >= 0.6 is 0 Å². The fraction of sp³-hybridized carbons (Fsp3) is 0. The average Bonchev–Trinajstić information content (AvgIpc) is 1.90. The molecule has 0 atom stereocenters. The Balaban J connectivity index is 0.000000810. The molecular formula is C7H7LiNO. The van der Waals surface area contributed by atoms with Crippen LogP contribution in [0.3, 0.4) is 0 Å². The van der Waals surface area contributed by atoms with Crippen molar-refractivity contribution in [2.75, 3.05) is 0 Å². The van der Waals surface area contributed by atoms with E-state index in [0.717, 1.165) is 0 Å². The van der Waals surface area contributed by atoms with Gasteiger partial charge in [-0.2, -0.15) is 0 Å². The van der Waals surface area contributed by atoms with Crippen molar-refractivity contribution in [3.05, 3.63) is 35.9 Å². The zero-order valence-electron chi connectivity index (χ0n) is 5.87. The van der Waals surface area contributed by atoms with Gasteiger partial charge < -0.3 is 5.73 Å². The second-order valence-electron chi connectivity index (χ2n) is 1.73. The maximum atomic E-state index is 10.4. The third-order valence-electron chi connectivity index (χ3n) is 1.06. The predicted octanol–water partition coefficient (Wildman–Crippen LogP) is 0.405. The summed E-state index contributed by atoms with van der Waals surface area (Å²) < 4.78 is 0.